The lowest BCUT2D eigenvalue weighted by atomic mass is 9.92. The lowest BCUT2D eigenvalue weighted by Gasteiger charge is -2.44. The first kappa shape index (κ1) is 15.0. The Bertz CT molecular complexity index is 434. The van der Waals surface area contributed by atoms with Crippen LogP contribution >= 0.6 is 0 Å². The van der Waals surface area contributed by atoms with Crippen molar-refractivity contribution in [2.24, 2.45) is 0 Å². The van der Waals surface area contributed by atoms with Gasteiger partial charge in [-0.15, -0.1) is 0 Å². The molecule has 0 aliphatic carbocycles. The number of ether oxygens (including phenoxy) is 3. The van der Waals surface area contributed by atoms with Gasteiger partial charge >= 0.3 is 0 Å². The van der Waals surface area contributed by atoms with E-state index >= 15 is 0 Å². The van der Waals surface area contributed by atoms with E-state index < -0.39 is 0 Å². The van der Waals surface area contributed by atoms with E-state index in [1.807, 2.05) is 0 Å². The summed E-state index contributed by atoms with van der Waals surface area (Å²) >= 11 is 0. The van der Waals surface area contributed by atoms with Gasteiger partial charge in [-0.05, 0) is 11.1 Å². The number of rotatable bonds is 4. The van der Waals surface area contributed by atoms with E-state index in [9.17, 15) is 0 Å². The van der Waals surface area contributed by atoms with Crippen molar-refractivity contribution in [1.82, 2.24) is 4.90 Å². The van der Waals surface area contributed by atoms with Crippen LogP contribution in [0.2, 0.25) is 0 Å². The minimum atomic E-state index is 0.0342. The highest BCUT2D eigenvalue weighted by atomic mass is 16.5. The van der Waals surface area contributed by atoms with Gasteiger partial charge in [-0.2, -0.15) is 0 Å². The molecule has 2 aliphatic heterocycles. The van der Waals surface area contributed by atoms with Crippen LogP contribution in [0, 0.1) is 0 Å². The standard InChI is InChI=1S/C17H25NO3/c1-19-13-16-4-2-15(3-5-16)12-18-8-11-21-17(14-18)6-9-20-10-7-17/h2-5H,6-14H2,1H3. The number of methoxy groups -OCH3 is 1. The molecule has 0 amide bonds. The van der Waals surface area contributed by atoms with Gasteiger partial charge in [0.05, 0.1) is 18.8 Å². The van der Waals surface area contributed by atoms with Crippen molar-refractivity contribution < 1.29 is 14.2 Å². The van der Waals surface area contributed by atoms with Crippen LogP contribution in [-0.4, -0.2) is 50.5 Å². The Balaban J connectivity index is 1.59. The monoisotopic (exact) mass is 291 g/mol. The summed E-state index contributed by atoms with van der Waals surface area (Å²) in [5.41, 5.74) is 2.62. The van der Waals surface area contributed by atoms with Crippen molar-refractivity contribution in [3.8, 4) is 0 Å². The van der Waals surface area contributed by atoms with E-state index in [4.69, 9.17) is 14.2 Å². The second kappa shape index (κ2) is 6.88. The SMILES string of the molecule is COCc1ccc(CN2CCOC3(CCOCC3)C2)cc1. The molecule has 2 fully saturated rings. The zero-order valence-electron chi connectivity index (χ0n) is 12.8. The van der Waals surface area contributed by atoms with E-state index in [2.05, 4.69) is 29.2 Å². The van der Waals surface area contributed by atoms with Crippen LogP contribution in [0.5, 0.6) is 0 Å². The second-order valence-corrected chi connectivity index (χ2v) is 6.10. The van der Waals surface area contributed by atoms with Crippen LogP contribution in [0.25, 0.3) is 0 Å². The molecule has 1 spiro atoms. The quantitative estimate of drug-likeness (QED) is 0.851. The smallest absolute Gasteiger partial charge is 0.0853 e. The second-order valence-electron chi connectivity index (χ2n) is 6.10. The Kier molecular flexibility index (Phi) is 4.91. The predicted molar refractivity (Wildman–Crippen MR) is 81.2 cm³/mol. The van der Waals surface area contributed by atoms with Gasteiger partial charge in [-0.1, -0.05) is 24.3 Å². The van der Waals surface area contributed by atoms with Gasteiger partial charge in [0.2, 0.25) is 0 Å². The van der Waals surface area contributed by atoms with Crippen LogP contribution in [0.1, 0.15) is 24.0 Å². The summed E-state index contributed by atoms with van der Waals surface area (Å²) in [5, 5.41) is 0. The van der Waals surface area contributed by atoms with Gasteiger partial charge in [-0.25, -0.2) is 0 Å². The molecule has 0 aromatic heterocycles. The number of benzene rings is 1. The fourth-order valence-corrected chi connectivity index (χ4v) is 3.27. The third kappa shape index (κ3) is 3.83. The highest BCUT2D eigenvalue weighted by Crippen LogP contribution is 2.29. The first-order chi connectivity index (χ1) is 10.3. The molecule has 2 saturated heterocycles. The molecule has 4 heteroatoms. The highest BCUT2D eigenvalue weighted by molar-refractivity contribution is 5.22. The summed E-state index contributed by atoms with van der Waals surface area (Å²) in [6.45, 7) is 6.22. The summed E-state index contributed by atoms with van der Waals surface area (Å²) in [6, 6.07) is 8.73. The summed E-state index contributed by atoms with van der Waals surface area (Å²) in [4.78, 5) is 2.51. The maximum absolute atomic E-state index is 6.09. The van der Waals surface area contributed by atoms with E-state index in [0.717, 1.165) is 52.3 Å². The van der Waals surface area contributed by atoms with Crippen LogP contribution in [0.15, 0.2) is 24.3 Å². The molecule has 3 rings (SSSR count). The molecule has 116 valence electrons. The largest absolute Gasteiger partial charge is 0.381 e. The molecule has 21 heavy (non-hydrogen) atoms. The van der Waals surface area contributed by atoms with Crippen LogP contribution in [0.4, 0.5) is 0 Å². The zero-order chi connectivity index (χ0) is 14.5. The number of hydrogen-bond acceptors (Lipinski definition) is 4. The summed E-state index contributed by atoms with van der Waals surface area (Å²) < 4.78 is 16.7. The fourth-order valence-electron chi connectivity index (χ4n) is 3.27. The molecule has 0 atom stereocenters. The molecule has 2 aliphatic rings. The Morgan fingerprint density at radius 3 is 2.52 bits per heavy atom. The first-order valence-corrected chi connectivity index (χ1v) is 7.80. The van der Waals surface area contributed by atoms with E-state index in [-0.39, 0.29) is 5.60 Å². The van der Waals surface area contributed by atoms with Gasteiger partial charge in [0.25, 0.3) is 0 Å². The predicted octanol–water partition coefficient (Wildman–Crippen LogP) is 2.21. The molecule has 0 bridgehead atoms. The highest BCUT2D eigenvalue weighted by Gasteiger charge is 2.38. The molecule has 2 heterocycles. The van der Waals surface area contributed by atoms with Crippen molar-refractivity contribution >= 4 is 0 Å². The van der Waals surface area contributed by atoms with Gasteiger partial charge in [0.1, 0.15) is 0 Å². The third-order valence-corrected chi connectivity index (χ3v) is 4.47. The molecule has 0 N–H and O–H groups in total. The Morgan fingerprint density at radius 2 is 1.81 bits per heavy atom. The van der Waals surface area contributed by atoms with Crippen molar-refractivity contribution in [3.63, 3.8) is 0 Å². The molecule has 0 saturated carbocycles. The van der Waals surface area contributed by atoms with Gasteiger partial charge in [-0.3, -0.25) is 4.90 Å². The van der Waals surface area contributed by atoms with Gasteiger partial charge in [0, 0.05) is 52.8 Å². The van der Waals surface area contributed by atoms with Crippen molar-refractivity contribution in [3.05, 3.63) is 35.4 Å². The average molecular weight is 291 g/mol. The first-order valence-electron chi connectivity index (χ1n) is 7.80. The summed E-state index contributed by atoms with van der Waals surface area (Å²) in [6.07, 6.45) is 2.05. The molecular formula is C17H25NO3. The Hall–Kier alpha value is -0.940. The zero-order valence-corrected chi connectivity index (χ0v) is 12.8. The topological polar surface area (TPSA) is 30.9 Å². The molecular weight excluding hydrogens is 266 g/mol. The normalized spacial score (nSPS) is 22.5. The molecule has 0 unspecified atom stereocenters. The molecule has 0 radical (unpaired) electrons. The average Bonchev–Trinajstić information content (AvgIpc) is 2.50. The Labute approximate surface area is 127 Å². The fraction of sp³-hybridized carbons (Fsp3) is 0.647. The molecule has 1 aromatic rings. The maximum atomic E-state index is 6.09. The third-order valence-electron chi connectivity index (χ3n) is 4.47. The molecule has 4 nitrogen and oxygen atoms in total. The van der Waals surface area contributed by atoms with Crippen molar-refractivity contribution in [2.45, 2.75) is 31.6 Å². The van der Waals surface area contributed by atoms with Crippen LogP contribution in [-0.2, 0) is 27.4 Å². The van der Waals surface area contributed by atoms with Crippen LogP contribution < -0.4 is 0 Å². The number of morpholine rings is 1. The summed E-state index contributed by atoms with van der Waals surface area (Å²) in [5.74, 6) is 0. The Morgan fingerprint density at radius 1 is 1.10 bits per heavy atom. The van der Waals surface area contributed by atoms with E-state index in [0.29, 0.717) is 6.61 Å². The lowest BCUT2D eigenvalue weighted by Crippen LogP contribution is -2.54. The van der Waals surface area contributed by atoms with E-state index in [1.54, 1.807) is 7.11 Å². The van der Waals surface area contributed by atoms with Gasteiger partial charge in [0.15, 0.2) is 0 Å². The maximum Gasteiger partial charge on any atom is 0.0853 e. The van der Waals surface area contributed by atoms with Crippen molar-refractivity contribution in [2.75, 3.05) is 40.0 Å². The minimum Gasteiger partial charge on any atom is -0.381 e. The minimum absolute atomic E-state index is 0.0342. The summed E-state index contributed by atoms with van der Waals surface area (Å²) in [7, 11) is 1.73. The number of hydrogen-bond donors (Lipinski definition) is 0. The van der Waals surface area contributed by atoms with E-state index in [1.165, 1.54) is 11.1 Å². The van der Waals surface area contributed by atoms with Gasteiger partial charge < -0.3 is 14.2 Å². The van der Waals surface area contributed by atoms with Crippen molar-refractivity contribution in [1.29, 1.82) is 0 Å². The molecule has 1 aromatic carbocycles. The number of nitrogens with zero attached hydrogens (tertiary/aromatic N) is 1. The van der Waals surface area contributed by atoms with Crippen LogP contribution in [0.3, 0.4) is 0 Å². The lowest BCUT2D eigenvalue weighted by molar-refractivity contribution is -0.155.